The van der Waals surface area contributed by atoms with Crippen LogP contribution in [0.1, 0.15) is 30.4 Å². The minimum absolute atomic E-state index is 0.0708. The number of benzene rings is 2. The van der Waals surface area contributed by atoms with Crippen LogP contribution in [0.3, 0.4) is 0 Å². The van der Waals surface area contributed by atoms with E-state index in [4.69, 9.17) is 18.9 Å². The van der Waals surface area contributed by atoms with E-state index in [1.807, 2.05) is 60.7 Å². The SMILES string of the molecule is COC(=O)CCC1(C(=O)OC)CC(COCc2ccccc2)(c2ccccc2)CO1. The van der Waals surface area contributed by atoms with E-state index in [9.17, 15) is 9.59 Å². The van der Waals surface area contributed by atoms with Crippen LogP contribution in [0, 0.1) is 0 Å². The average Bonchev–Trinajstić information content (AvgIpc) is 3.19. The lowest BCUT2D eigenvalue weighted by molar-refractivity contribution is -0.165. The van der Waals surface area contributed by atoms with Crippen LogP contribution in [0.4, 0.5) is 0 Å². The van der Waals surface area contributed by atoms with E-state index in [1.165, 1.54) is 14.2 Å². The first kappa shape index (κ1) is 22.0. The predicted molar refractivity (Wildman–Crippen MR) is 111 cm³/mol. The van der Waals surface area contributed by atoms with E-state index in [2.05, 4.69) is 0 Å². The molecule has 1 fully saturated rings. The molecule has 6 heteroatoms. The Hall–Kier alpha value is -2.70. The van der Waals surface area contributed by atoms with Crippen LogP contribution >= 0.6 is 0 Å². The van der Waals surface area contributed by atoms with Crippen LogP contribution in [0.2, 0.25) is 0 Å². The van der Waals surface area contributed by atoms with E-state index in [1.54, 1.807) is 0 Å². The summed E-state index contributed by atoms with van der Waals surface area (Å²) in [6.07, 6.45) is 0.628. The maximum Gasteiger partial charge on any atom is 0.338 e. The molecular formula is C24H28O6. The Morgan fingerprint density at radius 3 is 2.27 bits per heavy atom. The Balaban J connectivity index is 1.83. The lowest BCUT2D eigenvalue weighted by atomic mass is 9.74. The maximum absolute atomic E-state index is 12.7. The topological polar surface area (TPSA) is 71.1 Å². The highest BCUT2D eigenvalue weighted by atomic mass is 16.6. The molecule has 2 aromatic carbocycles. The molecule has 0 spiro atoms. The molecule has 2 unspecified atom stereocenters. The van der Waals surface area contributed by atoms with Crippen LogP contribution in [0.15, 0.2) is 60.7 Å². The fourth-order valence-corrected chi connectivity index (χ4v) is 4.00. The summed E-state index contributed by atoms with van der Waals surface area (Å²) in [6.45, 7) is 1.13. The summed E-state index contributed by atoms with van der Waals surface area (Å²) in [4.78, 5) is 24.4. The summed E-state index contributed by atoms with van der Waals surface area (Å²) >= 11 is 0. The molecule has 2 aromatic rings. The number of hydrogen-bond acceptors (Lipinski definition) is 6. The van der Waals surface area contributed by atoms with Crippen LogP contribution in [-0.4, -0.2) is 45.0 Å². The van der Waals surface area contributed by atoms with Gasteiger partial charge in [-0.05, 0) is 17.5 Å². The number of hydrogen-bond donors (Lipinski definition) is 0. The number of esters is 2. The average molecular weight is 412 g/mol. The van der Waals surface area contributed by atoms with Gasteiger partial charge in [-0.3, -0.25) is 4.79 Å². The molecule has 6 nitrogen and oxygen atoms in total. The minimum atomic E-state index is -1.21. The largest absolute Gasteiger partial charge is 0.469 e. The Labute approximate surface area is 177 Å². The van der Waals surface area contributed by atoms with Gasteiger partial charge in [0.1, 0.15) is 0 Å². The van der Waals surface area contributed by atoms with Gasteiger partial charge in [0, 0.05) is 18.3 Å². The van der Waals surface area contributed by atoms with E-state index < -0.39 is 17.0 Å². The summed E-state index contributed by atoms with van der Waals surface area (Å²) in [6, 6.07) is 19.8. The third kappa shape index (κ3) is 4.89. The van der Waals surface area contributed by atoms with Crippen molar-refractivity contribution in [3.63, 3.8) is 0 Å². The molecule has 1 heterocycles. The van der Waals surface area contributed by atoms with E-state index >= 15 is 0 Å². The molecule has 0 saturated carbocycles. The quantitative estimate of drug-likeness (QED) is 0.588. The third-order valence-corrected chi connectivity index (χ3v) is 5.64. The Bertz CT molecular complexity index is 837. The van der Waals surface area contributed by atoms with E-state index in [-0.39, 0.29) is 18.8 Å². The lowest BCUT2D eigenvalue weighted by Crippen LogP contribution is -2.42. The second-order valence-corrected chi connectivity index (χ2v) is 7.65. The third-order valence-electron chi connectivity index (χ3n) is 5.64. The highest BCUT2D eigenvalue weighted by Crippen LogP contribution is 2.45. The van der Waals surface area contributed by atoms with Crippen LogP contribution < -0.4 is 0 Å². The highest BCUT2D eigenvalue weighted by Gasteiger charge is 2.55. The standard InChI is InChI=1S/C24H28O6/c1-27-21(25)13-14-24(22(26)28-2)16-23(18-30-24,20-11-7-4-8-12-20)17-29-15-19-9-5-3-6-10-19/h3-12H,13-18H2,1-2H3. The molecule has 0 bridgehead atoms. The Morgan fingerprint density at radius 2 is 1.63 bits per heavy atom. The van der Waals surface area contributed by atoms with E-state index in [0.29, 0.717) is 26.2 Å². The molecule has 0 N–H and O–H groups in total. The van der Waals surface area contributed by atoms with E-state index in [0.717, 1.165) is 11.1 Å². The Morgan fingerprint density at radius 1 is 0.967 bits per heavy atom. The van der Waals surface area contributed by atoms with Crippen molar-refractivity contribution in [2.75, 3.05) is 27.4 Å². The molecule has 0 aliphatic carbocycles. The molecule has 2 atom stereocenters. The van der Waals surface area contributed by atoms with Crippen molar-refractivity contribution >= 4 is 11.9 Å². The molecular weight excluding hydrogens is 384 g/mol. The number of methoxy groups -OCH3 is 2. The molecule has 0 aromatic heterocycles. The lowest BCUT2D eigenvalue weighted by Gasteiger charge is -2.30. The molecule has 1 saturated heterocycles. The first-order valence-electron chi connectivity index (χ1n) is 10.00. The molecule has 0 amide bonds. The van der Waals surface area contributed by atoms with Crippen molar-refractivity contribution in [1.29, 1.82) is 0 Å². The zero-order valence-electron chi connectivity index (χ0n) is 17.5. The molecule has 30 heavy (non-hydrogen) atoms. The van der Waals surface area contributed by atoms with Crippen LogP contribution in [0.25, 0.3) is 0 Å². The van der Waals surface area contributed by atoms with Crippen molar-refractivity contribution in [2.45, 2.75) is 36.9 Å². The summed E-state index contributed by atoms with van der Waals surface area (Å²) in [5, 5.41) is 0. The number of rotatable bonds is 9. The number of carbonyl (C=O) groups is 2. The molecule has 1 aliphatic heterocycles. The molecule has 160 valence electrons. The van der Waals surface area contributed by atoms with Gasteiger partial charge in [0.25, 0.3) is 0 Å². The smallest absolute Gasteiger partial charge is 0.338 e. The summed E-state index contributed by atoms with van der Waals surface area (Å²) < 4.78 is 22.0. The normalized spacial score (nSPS) is 23.1. The van der Waals surface area contributed by atoms with Crippen LogP contribution in [0.5, 0.6) is 0 Å². The summed E-state index contributed by atoms with van der Waals surface area (Å²) in [5.41, 5.74) is 0.362. The zero-order chi connectivity index (χ0) is 21.5. The Kier molecular flexibility index (Phi) is 7.24. The second kappa shape index (κ2) is 9.87. The first-order valence-corrected chi connectivity index (χ1v) is 10.00. The monoisotopic (exact) mass is 412 g/mol. The molecule has 3 rings (SSSR count). The summed E-state index contributed by atoms with van der Waals surface area (Å²) in [5.74, 6) is -0.869. The van der Waals surface area contributed by atoms with Crippen molar-refractivity contribution in [3.05, 3.63) is 71.8 Å². The zero-order valence-corrected chi connectivity index (χ0v) is 17.5. The summed E-state index contributed by atoms with van der Waals surface area (Å²) in [7, 11) is 2.66. The minimum Gasteiger partial charge on any atom is -0.469 e. The van der Waals surface area contributed by atoms with Crippen molar-refractivity contribution in [1.82, 2.24) is 0 Å². The van der Waals surface area contributed by atoms with Gasteiger partial charge in [-0.15, -0.1) is 0 Å². The van der Waals surface area contributed by atoms with Crippen molar-refractivity contribution in [2.24, 2.45) is 0 Å². The van der Waals surface area contributed by atoms with Crippen LogP contribution in [-0.2, 0) is 40.6 Å². The predicted octanol–water partition coefficient (Wildman–Crippen LogP) is 3.43. The molecule has 0 radical (unpaired) electrons. The second-order valence-electron chi connectivity index (χ2n) is 7.65. The fraction of sp³-hybridized carbons (Fsp3) is 0.417. The maximum atomic E-state index is 12.7. The van der Waals surface area contributed by atoms with Gasteiger partial charge in [0.2, 0.25) is 0 Å². The highest BCUT2D eigenvalue weighted by molar-refractivity contribution is 5.81. The number of carbonyl (C=O) groups excluding carboxylic acids is 2. The van der Waals surface area contributed by atoms with Gasteiger partial charge in [-0.1, -0.05) is 60.7 Å². The first-order chi connectivity index (χ1) is 14.5. The van der Waals surface area contributed by atoms with Gasteiger partial charge in [0.05, 0.1) is 34.0 Å². The number of ether oxygens (including phenoxy) is 4. The van der Waals surface area contributed by atoms with Gasteiger partial charge in [-0.25, -0.2) is 4.79 Å². The van der Waals surface area contributed by atoms with Gasteiger partial charge in [-0.2, -0.15) is 0 Å². The van der Waals surface area contributed by atoms with Gasteiger partial charge < -0.3 is 18.9 Å². The fourth-order valence-electron chi connectivity index (χ4n) is 4.00. The van der Waals surface area contributed by atoms with Gasteiger partial charge >= 0.3 is 11.9 Å². The molecule has 1 aliphatic rings. The van der Waals surface area contributed by atoms with Crippen molar-refractivity contribution in [3.8, 4) is 0 Å². The van der Waals surface area contributed by atoms with Gasteiger partial charge in [0.15, 0.2) is 5.60 Å². The van der Waals surface area contributed by atoms with Crippen molar-refractivity contribution < 1.29 is 28.5 Å².